The molecule has 0 aliphatic heterocycles. The van der Waals surface area contributed by atoms with Crippen molar-refractivity contribution in [3.8, 4) is 0 Å². The molecule has 3 rings (SSSR count). The van der Waals surface area contributed by atoms with Crippen LogP contribution in [0.1, 0.15) is 44.5 Å². The predicted octanol–water partition coefficient (Wildman–Crippen LogP) is 5.33. The maximum atomic E-state index is 5.97. The molecule has 1 atom stereocenters. The van der Waals surface area contributed by atoms with Gasteiger partial charge in [-0.05, 0) is 43.9 Å². The molecule has 0 amide bonds. The first-order valence-corrected chi connectivity index (χ1v) is 8.76. The largest absolute Gasteiger partial charge is 0.325 e. The molecule has 1 fully saturated rings. The first kappa shape index (κ1) is 14.4. The van der Waals surface area contributed by atoms with E-state index in [0.29, 0.717) is 11.9 Å². The summed E-state index contributed by atoms with van der Waals surface area (Å²) in [6, 6.07) is 6.85. The monoisotopic (exact) mass is 354 g/mol. The Morgan fingerprint density at radius 1 is 1.40 bits per heavy atom. The number of rotatable bonds is 4. The lowest BCUT2D eigenvalue weighted by atomic mass is 9.99. The minimum Gasteiger partial charge on any atom is -0.325 e. The van der Waals surface area contributed by atoms with Crippen molar-refractivity contribution in [1.29, 1.82) is 0 Å². The highest BCUT2D eigenvalue weighted by molar-refractivity contribution is 9.10. The lowest BCUT2D eigenvalue weighted by Gasteiger charge is -2.23. The Morgan fingerprint density at radius 3 is 2.85 bits per heavy atom. The molecule has 1 aromatic heterocycles. The van der Waals surface area contributed by atoms with Gasteiger partial charge in [0.05, 0.1) is 11.0 Å². The number of benzene rings is 1. The Bertz CT molecular complexity index is 602. The van der Waals surface area contributed by atoms with Crippen molar-refractivity contribution in [2.24, 2.45) is 5.92 Å². The molecule has 108 valence electrons. The van der Waals surface area contributed by atoms with Gasteiger partial charge in [-0.25, -0.2) is 4.98 Å². The predicted molar refractivity (Wildman–Crippen MR) is 88.5 cm³/mol. The van der Waals surface area contributed by atoms with Crippen LogP contribution in [0.15, 0.2) is 22.7 Å². The van der Waals surface area contributed by atoms with E-state index in [2.05, 4.69) is 45.6 Å². The van der Waals surface area contributed by atoms with Gasteiger partial charge >= 0.3 is 0 Å². The summed E-state index contributed by atoms with van der Waals surface area (Å²) < 4.78 is 3.54. The van der Waals surface area contributed by atoms with Crippen molar-refractivity contribution in [3.63, 3.8) is 0 Å². The average molecular weight is 356 g/mol. The molecule has 1 aromatic carbocycles. The van der Waals surface area contributed by atoms with Crippen LogP contribution >= 0.6 is 27.5 Å². The fraction of sp³-hybridized carbons (Fsp3) is 0.562. The summed E-state index contributed by atoms with van der Waals surface area (Å²) >= 11 is 9.55. The minimum absolute atomic E-state index is 0.509. The van der Waals surface area contributed by atoms with Crippen LogP contribution in [-0.4, -0.2) is 15.4 Å². The van der Waals surface area contributed by atoms with Crippen molar-refractivity contribution in [3.05, 3.63) is 28.5 Å². The zero-order chi connectivity index (χ0) is 14.1. The number of hydrogen-bond acceptors (Lipinski definition) is 1. The highest BCUT2D eigenvalue weighted by Crippen LogP contribution is 2.37. The van der Waals surface area contributed by atoms with Gasteiger partial charge in [-0.2, -0.15) is 0 Å². The van der Waals surface area contributed by atoms with E-state index in [1.165, 1.54) is 31.2 Å². The number of nitrogens with zero attached hydrogens (tertiary/aromatic N) is 2. The Kier molecular flexibility index (Phi) is 4.37. The van der Waals surface area contributed by atoms with Crippen LogP contribution in [0.4, 0.5) is 0 Å². The molecule has 20 heavy (non-hydrogen) atoms. The number of fused-ring (bicyclic) bond motifs is 1. The number of aromatic nitrogens is 2. The van der Waals surface area contributed by atoms with Gasteiger partial charge in [0, 0.05) is 22.8 Å². The van der Waals surface area contributed by atoms with Gasteiger partial charge in [0.15, 0.2) is 0 Å². The van der Waals surface area contributed by atoms with E-state index in [1.54, 1.807) is 0 Å². The Labute approximate surface area is 133 Å². The van der Waals surface area contributed by atoms with E-state index in [1.807, 2.05) is 0 Å². The number of hydrogen-bond donors (Lipinski definition) is 0. The molecule has 2 nitrogen and oxygen atoms in total. The molecule has 0 bridgehead atoms. The van der Waals surface area contributed by atoms with Crippen LogP contribution in [0.25, 0.3) is 11.0 Å². The maximum Gasteiger partial charge on any atom is 0.111 e. The van der Waals surface area contributed by atoms with Gasteiger partial charge in [-0.1, -0.05) is 28.8 Å². The highest BCUT2D eigenvalue weighted by atomic mass is 79.9. The Hall–Kier alpha value is -0.540. The van der Waals surface area contributed by atoms with Gasteiger partial charge < -0.3 is 4.57 Å². The zero-order valence-corrected chi connectivity index (χ0v) is 14.1. The molecule has 0 radical (unpaired) electrons. The van der Waals surface area contributed by atoms with Crippen LogP contribution in [0.5, 0.6) is 0 Å². The Balaban J connectivity index is 2.09. The Morgan fingerprint density at radius 2 is 2.15 bits per heavy atom. The molecule has 0 saturated heterocycles. The third-order valence-corrected chi connectivity index (χ3v) is 5.21. The molecule has 0 N–H and O–H groups in total. The molecule has 2 aromatic rings. The van der Waals surface area contributed by atoms with E-state index in [4.69, 9.17) is 16.6 Å². The molecule has 1 heterocycles. The van der Waals surface area contributed by atoms with Crippen molar-refractivity contribution >= 4 is 38.6 Å². The quantitative estimate of drug-likeness (QED) is 0.678. The van der Waals surface area contributed by atoms with Crippen molar-refractivity contribution in [2.45, 2.75) is 45.1 Å². The maximum absolute atomic E-state index is 5.97. The highest BCUT2D eigenvalue weighted by Gasteiger charge is 2.26. The van der Waals surface area contributed by atoms with Gasteiger partial charge in [0.2, 0.25) is 0 Å². The molecule has 1 unspecified atom stereocenters. The second-order valence-corrected chi connectivity index (χ2v) is 7.05. The normalized spacial score (nSPS) is 17.9. The van der Waals surface area contributed by atoms with Crippen molar-refractivity contribution < 1.29 is 0 Å². The van der Waals surface area contributed by atoms with Crippen molar-refractivity contribution in [1.82, 2.24) is 9.55 Å². The average Bonchev–Trinajstić information content (AvgIpc) is 3.05. The number of imidazole rings is 1. The summed E-state index contributed by atoms with van der Waals surface area (Å²) in [5.74, 6) is 2.54. The van der Waals surface area contributed by atoms with E-state index in [-0.39, 0.29) is 0 Å². The van der Waals surface area contributed by atoms with E-state index in [0.717, 1.165) is 28.2 Å². The molecule has 0 spiro atoms. The van der Waals surface area contributed by atoms with Crippen LogP contribution < -0.4 is 0 Å². The summed E-state index contributed by atoms with van der Waals surface area (Å²) in [5, 5.41) is 0. The van der Waals surface area contributed by atoms with Gasteiger partial charge in [0.25, 0.3) is 0 Å². The fourth-order valence-electron chi connectivity index (χ4n) is 3.48. The molecule has 1 aliphatic rings. The van der Waals surface area contributed by atoms with Crippen LogP contribution in [-0.2, 0) is 6.42 Å². The topological polar surface area (TPSA) is 17.8 Å². The summed E-state index contributed by atoms with van der Waals surface area (Å²) in [7, 11) is 0. The second kappa shape index (κ2) is 6.07. The molecule has 1 aliphatic carbocycles. The molecular weight excluding hydrogens is 336 g/mol. The van der Waals surface area contributed by atoms with Crippen LogP contribution in [0.3, 0.4) is 0 Å². The zero-order valence-electron chi connectivity index (χ0n) is 11.8. The summed E-state index contributed by atoms with van der Waals surface area (Å²) in [5.41, 5.74) is 2.32. The molecular formula is C16H20BrClN2. The van der Waals surface area contributed by atoms with Gasteiger partial charge in [0.1, 0.15) is 5.82 Å². The smallest absolute Gasteiger partial charge is 0.111 e. The lowest BCUT2D eigenvalue weighted by molar-refractivity contribution is 0.360. The lowest BCUT2D eigenvalue weighted by Crippen LogP contribution is -2.17. The van der Waals surface area contributed by atoms with Crippen molar-refractivity contribution in [2.75, 3.05) is 5.88 Å². The van der Waals surface area contributed by atoms with E-state index < -0.39 is 0 Å². The summed E-state index contributed by atoms with van der Waals surface area (Å²) in [6.07, 6.45) is 6.27. The first-order chi connectivity index (χ1) is 9.70. The number of aryl methyl sites for hydroxylation is 1. The number of halogens is 2. The van der Waals surface area contributed by atoms with E-state index >= 15 is 0 Å². The summed E-state index contributed by atoms with van der Waals surface area (Å²) in [6.45, 7) is 2.34. The SMILES string of the molecule is CC(C1CCCC1)n1c(CCCl)nc2ccc(Br)cc21. The fourth-order valence-corrected chi connectivity index (χ4v) is 4.00. The van der Waals surface area contributed by atoms with Gasteiger partial charge in [-0.3, -0.25) is 0 Å². The van der Waals surface area contributed by atoms with E-state index in [9.17, 15) is 0 Å². The van der Waals surface area contributed by atoms with Gasteiger partial charge in [-0.15, -0.1) is 11.6 Å². The molecule has 4 heteroatoms. The first-order valence-electron chi connectivity index (χ1n) is 7.43. The van der Waals surface area contributed by atoms with Crippen LogP contribution in [0.2, 0.25) is 0 Å². The minimum atomic E-state index is 0.509. The standard InChI is InChI=1S/C16H20BrClN2/c1-11(12-4-2-3-5-12)20-15-10-13(17)6-7-14(15)19-16(20)8-9-18/h6-7,10-12H,2-5,8-9H2,1H3. The second-order valence-electron chi connectivity index (χ2n) is 5.76. The summed E-state index contributed by atoms with van der Waals surface area (Å²) in [4.78, 5) is 4.79. The van der Waals surface area contributed by atoms with Crippen LogP contribution in [0, 0.1) is 5.92 Å². The third kappa shape index (κ3) is 2.62. The third-order valence-electron chi connectivity index (χ3n) is 4.53. The molecule has 1 saturated carbocycles. The number of alkyl halides is 1.